The van der Waals surface area contributed by atoms with Gasteiger partial charge in [-0.2, -0.15) is 0 Å². The number of unbranched alkanes of at least 4 members (excludes halogenated alkanes) is 2. The number of nitrogens with one attached hydrogen (secondary N) is 1. The van der Waals surface area contributed by atoms with E-state index in [1.807, 2.05) is 7.05 Å². The van der Waals surface area contributed by atoms with Crippen LogP contribution in [0, 0.1) is 0 Å². The van der Waals surface area contributed by atoms with Crippen molar-refractivity contribution < 1.29 is 5.11 Å². The molecule has 0 aromatic rings. The molecular formula is C13H30N2O. The Morgan fingerprint density at radius 2 is 1.88 bits per heavy atom. The Morgan fingerprint density at radius 3 is 2.31 bits per heavy atom. The van der Waals surface area contributed by atoms with Crippen LogP contribution >= 0.6 is 0 Å². The summed E-state index contributed by atoms with van der Waals surface area (Å²) in [5.41, 5.74) is 0. The molecule has 0 saturated carbocycles. The third kappa shape index (κ3) is 7.20. The molecule has 0 saturated heterocycles. The maximum Gasteiger partial charge on any atom is 0.0585 e. The smallest absolute Gasteiger partial charge is 0.0585 e. The molecule has 2 N–H and O–H groups in total. The zero-order chi connectivity index (χ0) is 12.4. The van der Waals surface area contributed by atoms with Gasteiger partial charge in [-0.15, -0.1) is 0 Å². The van der Waals surface area contributed by atoms with Crippen LogP contribution < -0.4 is 5.32 Å². The highest BCUT2D eigenvalue weighted by Crippen LogP contribution is 2.05. The van der Waals surface area contributed by atoms with Crippen LogP contribution in [0.3, 0.4) is 0 Å². The largest absolute Gasteiger partial charge is 0.395 e. The van der Waals surface area contributed by atoms with Gasteiger partial charge in [-0.05, 0) is 46.8 Å². The molecule has 0 spiro atoms. The normalized spacial score (nSPS) is 13.7. The van der Waals surface area contributed by atoms with Crippen LogP contribution in [0.2, 0.25) is 0 Å². The Balaban J connectivity index is 3.83. The minimum Gasteiger partial charge on any atom is -0.395 e. The number of nitrogens with zero attached hydrogens (tertiary/aromatic N) is 1. The molecule has 0 heterocycles. The number of aliphatic hydroxyl groups excluding tert-OH is 1. The zero-order valence-electron chi connectivity index (χ0n) is 11.5. The van der Waals surface area contributed by atoms with E-state index < -0.39 is 0 Å². The molecule has 16 heavy (non-hydrogen) atoms. The van der Waals surface area contributed by atoms with Gasteiger partial charge in [-0.25, -0.2) is 0 Å². The summed E-state index contributed by atoms with van der Waals surface area (Å²) in [6.07, 6.45) is 4.91. The van der Waals surface area contributed by atoms with Crippen molar-refractivity contribution in [2.75, 3.05) is 26.7 Å². The van der Waals surface area contributed by atoms with E-state index in [0.717, 1.165) is 13.0 Å². The summed E-state index contributed by atoms with van der Waals surface area (Å²) in [7, 11) is 1.91. The van der Waals surface area contributed by atoms with Gasteiger partial charge in [0.2, 0.25) is 0 Å². The molecule has 0 aromatic carbocycles. The van der Waals surface area contributed by atoms with Crippen molar-refractivity contribution in [3.05, 3.63) is 0 Å². The molecule has 0 aromatic heterocycles. The van der Waals surface area contributed by atoms with Gasteiger partial charge in [0.1, 0.15) is 0 Å². The molecule has 3 heteroatoms. The van der Waals surface area contributed by atoms with E-state index in [0.29, 0.717) is 6.04 Å². The second kappa shape index (κ2) is 10.1. The Morgan fingerprint density at radius 1 is 1.19 bits per heavy atom. The van der Waals surface area contributed by atoms with Gasteiger partial charge in [0.15, 0.2) is 0 Å². The molecule has 0 aliphatic heterocycles. The second-order valence-electron chi connectivity index (χ2n) is 4.79. The number of rotatable bonds is 10. The fourth-order valence-electron chi connectivity index (χ4n) is 1.84. The van der Waals surface area contributed by atoms with E-state index in [4.69, 9.17) is 5.11 Å². The lowest BCUT2D eigenvalue weighted by Crippen LogP contribution is -2.38. The van der Waals surface area contributed by atoms with Crippen LogP contribution in [0.4, 0.5) is 0 Å². The standard InChI is InChI=1S/C13H30N2O/c1-5-6-7-9-15(12(2)3)10-8-13(11-16)14-4/h12-14,16H,5-11H2,1-4H3. The highest BCUT2D eigenvalue weighted by molar-refractivity contribution is 4.69. The van der Waals surface area contributed by atoms with Crippen molar-refractivity contribution in [1.82, 2.24) is 10.2 Å². The van der Waals surface area contributed by atoms with Crippen LogP contribution in [0.15, 0.2) is 0 Å². The first-order chi connectivity index (χ1) is 7.65. The molecule has 1 atom stereocenters. The van der Waals surface area contributed by atoms with Crippen molar-refractivity contribution in [2.45, 2.75) is 58.5 Å². The summed E-state index contributed by atoms with van der Waals surface area (Å²) in [4.78, 5) is 2.51. The van der Waals surface area contributed by atoms with Crippen molar-refractivity contribution in [3.8, 4) is 0 Å². The number of likely N-dealkylation sites (N-methyl/N-ethyl adjacent to an activating group) is 1. The van der Waals surface area contributed by atoms with Gasteiger partial charge in [-0.3, -0.25) is 0 Å². The van der Waals surface area contributed by atoms with Crippen LogP contribution in [0.25, 0.3) is 0 Å². The van der Waals surface area contributed by atoms with E-state index >= 15 is 0 Å². The van der Waals surface area contributed by atoms with E-state index in [2.05, 4.69) is 31.0 Å². The summed E-state index contributed by atoms with van der Waals surface area (Å²) in [6.45, 7) is 9.24. The van der Waals surface area contributed by atoms with Crippen LogP contribution in [-0.4, -0.2) is 48.8 Å². The monoisotopic (exact) mass is 230 g/mol. The molecule has 98 valence electrons. The lowest BCUT2D eigenvalue weighted by Gasteiger charge is -2.28. The predicted molar refractivity (Wildman–Crippen MR) is 70.8 cm³/mol. The highest BCUT2D eigenvalue weighted by atomic mass is 16.3. The summed E-state index contributed by atoms with van der Waals surface area (Å²) in [6, 6.07) is 0.848. The van der Waals surface area contributed by atoms with Crippen molar-refractivity contribution in [2.24, 2.45) is 0 Å². The summed E-state index contributed by atoms with van der Waals surface area (Å²) >= 11 is 0. The molecule has 0 bridgehead atoms. The Labute approximate surface area is 101 Å². The van der Waals surface area contributed by atoms with Gasteiger partial charge < -0.3 is 15.3 Å². The third-order valence-electron chi connectivity index (χ3n) is 3.17. The third-order valence-corrected chi connectivity index (χ3v) is 3.17. The maximum absolute atomic E-state index is 9.11. The van der Waals surface area contributed by atoms with Crippen molar-refractivity contribution in [3.63, 3.8) is 0 Å². The first kappa shape index (κ1) is 15.9. The molecule has 0 rings (SSSR count). The van der Waals surface area contributed by atoms with Crippen LogP contribution in [0.1, 0.15) is 46.5 Å². The van der Waals surface area contributed by atoms with E-state index in [9.17, 15) is 0 Å². The number of aliphatic hydroxyl groups is 1. The minimum atomic E-state index is 0.234. The lowest BCUT2D eigenvalue weighted by molar-refractivity contribution is 0.183. The van der Waals surface area contributed by atoms with Crippen molar-refractivity contribution in [1.29, 1.82) is 0 Å². The minimum absolute atomic E-state index is 0.234. The first-order valence-electron chi connectivity index (χ1n) is 6.67. The quantitative estimate of drug-likeness (QED) is 0.562. The zero-order valence-corrected chi connectivity index (χ0v) is 11.5. The average molecular weight is 230 g/mol. The van der Waals surface area contributed by atoms with Gasteiger partial charge in [0, 0.05) is 12.1 Å². The van der Waals surface area contributed by atoms with Crippen molar-refractivity contribution >= 4 is 0 Å². The first-order valence-corrected chi connectivity index (χ1v) is 6.67. The molecule has 0 fully saturated rings. The fourth-order valence-corrected chi connectivity index (χ4v) is 1.84. The Hall–Kier alpha value is -0.120. The summed E-state index contributed by atoms with van der Waals surface area (Å²) < 4.78 is 0. The second-order valence-corrected chi connectivity index (χ2v) is 4.79. The van der Waals surface area contributed by atoms with Gasteiger partial charge in [0.05, 0.1) is 6.61 Å². The number of hydrogen-bond acceptors (Lipinski definition) is 3. The molecule has 0 aliphatic rings. The van der Waals surface area contributed by atoms with Crippen LogP contribution in [-0.2, 0) is 0 Å². The fraction of sp³-hybridized carbons (Fsp3) is 1.00. The lowest BCUT2D eigenvalue weighted by atomic mass is 10.1. The maximum atomic E-state index is 9.11. The van der Waals surface area contributed by atoms with E-state index in [1.54, 1.807) is 0 Å². The SMILES string of the molecule is CCCCCN(CCC(CO)NC)C(C)C. The Kier molecular flexibility index (Phi) is 9.99. The molecule has 0 aliphatic carbocycles. The van der Waals surface area contributed by atoms with Gasteiger partial charge in [-0.1, -0.05) is 19.8 Å². The molecule has 1 unspecified atom stereocenters. The predicted octanol–water partition coefficient (Wildman–Crippen LogP) is 1.86. The molecule has 3 nitrogen and oxygen atoms in total. The van der Waals surface area contributed by atoms with E-state index in [1.165, 1.54) is 25.8 Å². The summed E-state index contributed by atoms with van der Waals surface area (Å²) in [5.74, 6) is 0. The molecule has 0 amide bonds. The van der Waals surface area contributed by atoms with Gasteiger partial charge in [0.25, 0.3) is 0 Å². The van der Waals surface area contributed by atoms with Gasteiger partial charge >= 0.3 is 0 Å². The molecular weight excluding hydrogens is 200 g/mol. The average Bonchev–Trinajstić information content (AvgIpc) is 2.27. The Bertz CT molecular complexity index is 147. The summed E-state index contributed by atoms with van der Waals surface area (Å²) in [5, 5.41) is 12.2. The number of hydrogen-bond donors (Lipinski definition) is 2. The highest BCUT2D eigenvalue weighted by Gasteiger charge is 2.11. The topological polar surface area (TPSA) is 35.5 Å². The van der Waals surface area contributed by atoms with E-state index in [-0.39, 0.29) is 12.6 Å². The molecule has 0 radical (unpaired) electrons. The van der Waals surface area contributed by atoms with Crippen LogP contribution in [0.5, 0.6) is 0 Å².